The maximum absolute atomic E-state index is 12.3. The predicted molar refractivity (Wildman–Crippen MR) is 122 cm³/mol. The van der Waals surface area contributed by atoms with Crippen molar-refractivity contribution in [2.45, 2.75) is 25.9 Å². The number of ether oxygens (including phenoxy) is 1. The second-order valence-corrected chi connectivity index (χ2v) is 7.40. The first kappa shape index (κ1) is 20.5. The number of rotatable bonds is 9. The zero-order valence-electron chi connectivity index (χ0n) is 17.3. The minimum absolute atomic E-state index is 0.230. The van der Waals surface area contributed by atoms with Gasteiger partial charge in [0, 0.05) is 37.0 Å². The van der Waals surface area contributed by atoms with Gasteiger partial charge in [-0.2, -0.15) is 0 Å². The third kappa shape index (κ3) is 5.86. The van der Waals surface area contributed by atoms with Crippen LogP contribution < -0.4 is 4.74 Å². The largest absolute Gasteiger partial charge is 0.472 e. The van der Waals surface area contributed by atoms with Crippen LogP contribution >= 0.6 is 0 Å². The molecule has 0 amide bonds. The molecule has 0 radical (unpaired) electrons. The number of benzene rings is 2. The summed E-state index contributed by atoms with van der Waals surface area (Å²) in [5.74, 6) is 0.845. The van der Waals surface area contributed by atoms with Gasteiger partial charge in [-0.05, 0) is 46.9 Å². The molecular weight excluding hydrogens is 384 g/mol. The van der Waals surface area contributed by atoms with E-state index >= 15 is 0 Å². The van der Waals surface area contributed by atoms with Gasteiger partial charge in [0.15, 0.2) is 0 Å². The molecule has 4 rings (SSSR count). The van der Waals surface area contributed by atoms with E-state index in [4.69, 9.17) is 4.74 Å². The molecule has 2 aromatic heterocycles. The molecule has 0 saturated carbocycles. The Morgan fingerprint density at radius 3 is 2.32 bits per heavy atom. The zero-order chi connectivity index (χ0) is 21.3. The van der Waals surface area contributed by atoms with Crippen LogP contribution in [0.2, 0.25) is 0 Å². The number of carbonyl (C=O) groups is 1. The molecule has 0 N–H and O–H groups in total. The highest BCUT2D eigenvalue weighted by atomic mass is 16.5. The topological polar surface area (TPSA) is 52.1 Å². The Balaban J connectivity index is 1.32. The van der Waals surface area contributed by atoms with E-state index < -0.39 is 0 Å². The third-order valence-corrected chi connectivity index (χ3v) is 5.07. The van der Waals surface area contributed by atoms with Crippen LogP contribution in [0.25, 0.3) is 11.1 Å². The Labute approximate surface area is 182 Å². The van der Waals surface area contributed by atoms with Gasteiger partial charge in [0.05, 0.1) is 0 Å². The molecule has 154 valence electrons. The first-order valence-electron chi connectivity index (χ1n) is 10.4. The first-order chi connectivity index (χ1) is 15.3. The summed E-state index contributed by atoms with van der Waals surface area (Å²) in [6.45, 7) is 0.423. The Morgan fingerprint density at radius 2 is 1.55 bits per heavy atom. The predicted octanol–water partition coefficient (Wildman–Crippen LogP) is 5.47. The van der Waals surface area contributed by atoms with Gasteiger partial charge in [-0.25, -0.2) is 4.98 Å². The van der Waals surface area contributed by atoms with Gasteiger partial charge in [-0.3, -0.25) is 9.78 Å². The highest BCUT2D eigenvalue weighted by molar-refractivity contribution is 5.81. The first-order valence-corrected chi connectivity index (χ1v) is 10.4. The van der Waals surface area contributed by atoms with E-state index in [1.165, 1.54) is 0 Å². The molecular formula is C27H24N2O2. The number of aromatic nitrogens is 2. The van der Waals surface area contributed by atoms with Crippen LogP contribution in [0.4, 0.5) is 0 Å². The van der Waals surface area contributed by atoms with E-state index in [-0.39, 0.29) is 5.78 Å². The number of carbonyl (C=O) groups excluding carboxylic acids is 1. The minimum atomic E-state index is 0.230. The fourth-order valence-electron chi connectivity index (χ4n) is 3.39. The summed E-state index contributed by atoms with van der Waals surface area (Å²) < 4.78 is 6.00. The smallest absolute Gasteiger partial charge is 0.221 e. The van der Waals surface area contributed by atoms with Crippen molar-refractivity contribution in [3.63, 3.8) is 0 Å². The molecule has 0 fully saturated rings. The maximum Gasteiger partial charge on any atom is 0.221 e. The average Bonchev–Trinajstić information content (AvgIpc) is 2.84. The lowest BCUT2D eigenvalue weighted by Crippen LogP contribution is -2.05. The van der Waals surface area contributed by atoms with Crippen molar-refractivity contribution in [2.75, 3.05) is 0 Å². The summed E-state index contributed by atoms with van der Waals surface area (Å²) in [6, 6.07) is 25.9. The van der Waals surface area contributed by atoms with Crippen molar-refractivity contribution in [2.24, 2.45) is 0 Å². The van der Waals surface area contributed by atoms with Gasteiger partial charge < -0.3 is 4.74 Å². The molecule has 31 heavy (non-hydrogen) atoms. The Bertz CT molecular complexity index is 1110. The highest BCUT2D eigenvalue weighted by Gasteiger charge is 2.08. The van der Waals surface area contributed by atoms with Crippen molar-refractivity contribution in [1.29, 1.82) is 0 Å². The van der Waals surface area contributed by atoms with Crippen LogP contribution in [-0.2, 0) is 24.2 Å². The number of pyridine rings is 2. The Morgan fingerprint density at radius 1 is 0.774 bits per heavy atom. The zero-order valence-corrected chi connectivity index (χ0v) is 17.3. The summed E-state index contributed by atoms with van der Waals surface area (Å²) in [6.07, 6.45) is 6.99. The van der Waals surface area contributed by atoms with E-state index in [1.54, 1.807) is 12.4 Å². The lowest BCUT2D eigenvalue weighted by Gasteiger charge is -2.11. The monoisotopic (exact) mass is 408 g/mol. The van der Waals surface area contributed by atoms with E-state index in [1.807, 2.05) is 85.1 Å². The molecule has 4 nitrogen and oxygen atoms in total. The number of aryl methyl sites for hydroxylation is 1. The SMILES string of the molecule is O=C(CCc1cccnc1)Cc1ccc(COc2ncccc2-c2ccccc2)cc1. The Hall–Kier alpha value is -3.79. The number of hydrogen-bond donors (Lipinski definition) is 0. The number of hydrogen-bond acceptors (Lipinski definition) is 4. The van der Waals surface area contributed by atoms with Gasteiger partial charge in [0.2, 0.25) is 5.88 Å². The summed E-state index contributed by atoms with van der Waals surface area (Å²) in [4.78, 5) is 20.8. The molecule has 0 unspecified atom stereocenters. The van der Waals surface area contributed by atoms with E-state index in [0.717, 1.165) is 34.2 Å². The molecule has 2 aromatic carbocycles. The molecule has 0 aliphatic rings. The van der Waals surface area contributed by atoms with Gasteiger partial charge in [-0.15, -0.1) is 0 Å². The van der Waals surface area contributed by atoms with Crippen LogP contribution in [-0.4, -0.2) is 15.8 Å². The van der Waals surface area contributed by atoms with Gasteiger partial charge in [-0.1, -0.05) is 60.7 Å². The van der Waals surface area contributed by atoms with Gasteiger partial charge in [0.1, 0.15) is 12.4 Å². The van der Waals surface area contributed by atoms with Crippen molar-refractivity contribution in [3.05, 3.63) is 114 Å². The van der Waals surface area contributed by atoms with E-state index in [0.29, 0.717) is 25.3 Å². The lowest BCUT2D eigenvalue weighted by atomic mass is 10.0. The third-order valence-electron chi connectivity index (χ3n) is 5.07. The van der Waals surface area contributed by atoms with Crippen LogP contribution in [0.15, 0.2) is 97.5 Å². The highest BCUT2D eigenvalue weighted by Crippen LogP contribution is 2.28. The molecule has 0 atom stereocenters. The molecule has 2 heterocycles. The lowest BCUT2D eigenvalue weighted by molar-refractivity contribution is -0.118. The number of Topliss-reactive ketones (excluding diaryl/α,β-unsaturated/α-hetero) is 1. The van der Waals surface area contributed by atoms with Crippen LogP contribution in [0.5, 0.6) is 5.88 Å². The fraction of sp³-hybridized carbons (Fsp3) is 0.148. The van der Waals surface area contributed by atoms with Crippen LogP contribution in [0, 0.1) is 0 Å². The molecule has 4 heteroatoms. The maximum atomic E-state index is 12.3. The quantitative estimate of drug-likeness (QED) is 0.369. The van der Waals surface area contributed by atoms with E-state index in [2.05, 4.69) is 9.97 Å². The molecule has 0 bridgehead atoms. The average molecular weight is 409 g/mol. The molecule has 0 aliphatic heterocycles. The summed E-state index contributed by atoms with van der Waals surface area (Å²) in [5, 5.41) is 0. The van der Waals surface area contributed by atoms with Crippen molar-refractivity contribution in [1.82, 2.24) is 9.97 Å². The van der Waals surface area contributed by atoms with Crippen LogP contribution in [0.1, 0.15) is 23.1 Å². The second-order valence-electron chi connectivity index (χ2n) is 7.40. The van der Waals surface area contributed by atoms with Crippen molar-refractivity contribution < 1.29 is 9.53 Å². The second kappa shape index (κ2) is 10.3. The van der Waals surface area contributed by atoms with Gasteiger partial charge >= 0.3 is 0 Å². The molecule has 0 aliphatic carbocycles. The number of ketones is 1. The molecule has 0 saturated heterocycles. The summed E-state index contributed by atoms with van der Waals surface area (Å²) in [5.41, 5.74) is 5.19. The minimum Gasteiger partial charge on any atom is -0.472 e. The van der Waals surface area contributed by atoms with Crippen molar-refractivity contribution in [3.8, 4) is 17.0 Å². The van der Waals surface area contributed by atoms with Gasteiger partial charge in [0.25, 0.3) is 0 Å². The standard InChI is InChI=1S/C27H24N2O2/c30-25(15-14-22-6-4-16-28-19-22)18-21-10-12-23(13-11-21)20-31-27-26(9-5-17-29-27)24-7-2-1-3-8-24/h1-13,16-17,19H,14-15,18,20H2. The normalized spacial score (nSPS) is 10.6. The fourth-order valence-corrected chi connectivity index (χ4v) is 3.39. The van der Waals surface area contributed by atoms with E-state index in [9.17, 15) is 4.79 Å². The Kier molecular flexibility index (Phi) is 6.81. The number of nitrogens with zero attached hydrogens (tertiary/aromatic N) is 2. The van der Waals surface area contributed by atoms with Crippen LogP contribution in [0.3, 0.4) is 0 Å². The molecule has 4 aromatic rings. The summed E-state index contributed by atoms with van der Waals surface area (Å²) in [7, 11) is 0. The summed E-state index contributed by atoms with van der Waals surface area (Å²) >= 11 is 0. The molecule has 0 spiro atoms. The van der Waals surface area contributed by atoms with Crippen molar-refractivity contribution >= 4 is 5.78 Å².